The molecule has 0 radical (unpaired) electrons. The van der Waals surface area contributed by atoms with Crippen LogP contribution in [0.2, 0.25) is 0 Å². The third kappa shape index (κ3) is 5.83. The second-order valence-electron chi connectivity index (χ2n) is 7.76. The second kappa shape index (κ2) is 11.3. The number of halogens is 2. The van der Waals surface area contributed by atoms with Crippen LogP contribution in [0.15, 0.2) is 30.3 Å². The van der Waals surface area contributed by atoms with Crippen LogP contribution in [0.3, 0.4) is 0 Å². The van der Waals surface area contributed by atoms with E-state index in [1.807, 2.05) is 0 Å². The van der Waals surface area contributed by atoms with Gasteiger partial charge in [-0.3, -0.25) is 9.69 Å². The number of carbonyl (C=O) groups excluding carboxylic acids is 1. The van der Waals surface area contributed by atoms with Gasteiger partial charge in [0.1, 0.15) is 0 Å². The van der Waals surface area contributed by atoms with Crippen LogP contribution < -0.4 is 5.73 Å². The Morgan fingerprint density at radius 1 is 1.22 bits per heavy atom. The molecule has 0 aromatic heterocycles. The molecule has 154 valence electrons. The number of nitrogens with two attached hydrogens (primary N) is 1. The average molecular weight is 416 g/mol. The van der Waals surface area contributed by atoms with Crippen molar-refractivity contribution in [1.29, 1.82) is 0 Å². The molecule has 1 saturated carbocycles. The smallest absolute Gasteiger partial charge is 0.223 e. The molecule has 1 aliphatic carbocycles. The van der Waals surface area contributed by atoms with E-state index < -0.39 is 0 Å². The minimum atomic E-state index is 0. The van der Waals surface area contributed by atoms with Crippen LogP contribution in [0.5, 0.6) is 0 Å². The van der Waals surface area contributed by atoms with Gasteiger partial charge < -0.3 is 10.6 Å². The van der Waals surface area contributed by atoms with E-state index in [4.69, 9.17) is 5.73 Å². The van der Waals surface area contributed by atoms with Crippen molar-refractivity contribution >= 4 is 30.7 Å². The molecule has 4 atom stereocenters. The van der Waals surface area contributed by atoms with Crippen molar-refractivity contribution in [3.63, 3.8) is 0 Å². The predicted octanol–water partition coefficient (Wildman–Crippen LogP) is 4.03. The zero-order valence-electron chi connectivity index (χ0n) is 16.5. The maximum absolute atomic E-state index is 12.9. The summed E-state index contributed by atoms with van der Waals surface area (Å²) in [7, 11) is 0. The van der Waals surface area contributed by atoms with E-state index in [0.717, 1.165) is 38.9 Å². The molecule has 1 aromatic carbocycles. The molecule has 4 nitrogen and oxygen atoms in total. The highest BCUT2D eigenvalue weighted by Crippen LogP contribution is 2.30. The van der Waals surface area contributed by atoms with Gasteiger partial charge in [0.05, 0.1) is 0 Å². The fraction of sp³-hybridized carbons (Fsp3) is 0.667. The summed E-state index contributed by atoms with van der Waals surface area (Å²) in [5.74, 6) is 0.700. The predicted molar refractivity (Wildman–Crippen MR) is 117 cm³/mol. The van der Waals surface area contributed by atoms with Crippen molar-refractivity contribution in [1.82, 2.24) is 9.80 Å². The number of likely N-dealkylation sites (tertiary alicyclic amines) is 1. The number of likely N-dealkylation sites (N-methyl/N-ethyl adjacent to an activating group) is 1. The largest absolute Gasteiger partial charge is 0.339 e. The van der Waals surface area contributed by atoms with Crippen LogP contribution in [0.4, 0.5) is 0 Å². The summed E-state index contributed by atoms with van der Waals surface area (Å²) < 4.78 is 0. The summed E-state index contributed by atoms with van der Waals surface area (Å²) in [6.45, 7) is 7.22. The topological polar surface area (TPSA) is 49.6 Å². The lowest BCUT2D eigenvalue weighted by atomic mass is 9.99. The molecule has 1 aromatic rings. The first kappa shape index (κ1) is 24.2. The second-order valence-corrected chi connectivity index (χ2v) is 7.76. The third-order valence-electron chi connectivity index (χ3n) is 6.28. The minimum absolute atomic E-state index is 0. The first-order chi connectivity index (χ1) is 12.1. The highest BCUT2D eigenvalue weighted by atomic mass is 35.5. The fourth-order valence-electron chi connectivity index (χ4n) is 4.62. The van der Waals surface area contributed by atoms with Crippen molar-refractivity contribution in [2.75, 3.05) is 19.6 Å². The normalized spacial score (nSPS) is 26.1. The Bertz CT molecular complexity index is 572. The van der Waals surface area contributed by atoms with Gasteiger partial charge in [-0.2, -0.15) is 0 Å². The molecule has 2 unspecified atom stereocenters. The number of amides is 1. The van der Waals surface area contributed by atoms with E-state index >= 15 is 0 Å². The van der Waals surface area contributed by atoms with Gasteiger partial charge in [-0.15, -0.1) is 24.8 Å². The van der Waals surface area contributed by atoms with Crippen molar-refractivity contribution in [3.05, 3.63) is 35.9 Å². The van der Waals surface area contributed by atoms with E-state index in [1.54, 1.807) is 0 Å². The van der Waals surface area contributed by atoms with Gasteiger partial charge in [-0.05, 0) is 44.6 Å². The summed E-state index contributed by atoms with van der Waals surface area (Å²) in [6, 6.07) is 11.6. The highest BCUT2D eigenvalue weighted by Gasteiger charge is 2.34. The maximum Gasteiger partial charge on any atom is 0.223 e. The quantitative estimate of drug-likeness (QED) is 0.762. The molecule has 1 amide bonds. The van der Waals surface area contributed by atoms with E-state index in [9.17, 15) is 4.79 Å². The van der Waals surface area contributed by atoms with Crippen LogP contribution >= 0.6 is 24.8 Å². The average Bonchev–Trinajstić information content (AvgIpc) is 3.26. The SMILES string of the molecule is CCN(C(=O)C[C@@H]1CCC[C@H]1N)C1CCN(C(C)c2ccccc2)C1.Cl.Cl. The summed E-state index contributed by atoms with van der Waals surface area (Å²) in [5, 5.41) is 0. The molecule has 1 heterocycles. The lowest BCUT2D eigenvalue weighted by molar-refractivity contribution is -0.134. The highest BCUT2D eigenvalue weighted by molar-refractivity contribution is 5.85. The van der Waals surface area contributed by atoms with Gasteiger partial charge in [0.25, 0.3) is 0 Å². The van der Waals surface area contributed by atoms with Gasteiger partial charge >= 0.3 is 0 Å². The Kier molecular flexibility index (Phi) is 10.1. The first-order valence-corrected chi connectivity index (χ1v) is 9.94. The summed E-state index contributed by atoms with van der Waals surface area (Å²) in [5.41, 5.74) is 7.53. The molecule has 2 fully saturated rings. The van der Waals surface area contributed by atoms with E-state index in [2.05, 4.69) is 54.0 Å². The fourth-order valence-corrected chi connectivity index (χ4v) is 4.62. The minimum Gasteiger partial charge on any atom is -0.339 e. The third-order valence-corrected chi connectivity index (χ3v) is 6.28. The van der Waals surface area contributed by atoms with E-state index in [-0.39, 0.29) is 30.9 Å². The number of hydrogen-bond acceptors (Lipinski definition) is 3. The number of rotatable bonds is 6. The Morgan fingerprint density at radius 2 is 1.93 bits per heavy atom. The molecule has 27 heavy (non-hydrogen) atoms. The van der Waals surface area contributed by atoms with Crippen molar-refractivity contribution in [3.8, 4) is 0 Å². The number of nitrogens with zero attached hydrogens (tertiary/aromatic N) is 2. The van der Waals surface area contributed by atoms with Crippen LogP contribution in [0.1, 0.15) is 57.6 Å². The standard InChI is InChI=1S/C21H33N3O.2ClH/c1-3-24(21(25)14-18-10-7-11-20(18)22)19-12-13-23(15-19)16(2)17-8-5-4-6-9-17;;/h4-6,8-9,16,18-20H,3,7,10-15,22H2,1-2H3;2*1H/t16?,18-,19?,20+;;/m0../s1. The monoisotopic (exact) mass is 415 g/mol. The summed E-state index contributed by atoms with van der Waals surface area (Å²) in [4.78, 5) is 17.5. The molecule has 2 N–H and O–H groups in total. The summed E-state index contributed by atoms with van der Waals surface area (Å²) in [6.07, 6.45) is 5.09. The Labute approximate surface area is 176 Å². The maximum atomic E-state index is 12.9. The van der Waals surface area contributed by atoms with Crippen molar-refractivity contribution in [2.45, 2.75) is 64.1 Å². The molecule has 3 rings (SSSR count). The molecule has 2 aliphatic rings. The molecule has 1 aliphatic heterocycles. The van der Waals surface area contributed by atoms with Gasteiger partial charge in [-0.1, -0.05) is 36.8 Å². The van der Waals surface area contributed by atoms with Gasteiger partial charge in [-0.25, -0.2) is 0 Å². The molecular formula is C21H35Cl2N3O. The van der Waals surface area contributed by atoms with Crippen LogP contribution in [-0.4, -0.2) is 47.4 Å². The van der Waals surface area contributed by atoms with Crippen molar-refractivity contribution < 1.29 is 4.79 Å². The van der Waals surface area contributed by atoms with Crippen molar-refractivity contribution in [2.24, 2.45) is 11.7 Å². The van der Waals surface area contributed by atoms with E-state index in [0.29, 0.717) is 30.3 Å². The zero-order chi connectivity index (χ0) is 17.8. The first-order valence-electron chi connectivity index (χ1n) is 9.94. The lowest BCUT2D eigenvalue weighted by Gasteiger charge is -2.31. The Hall–Kier alpha value is -0.810. The summed E-state index contributed by atoms with van der Waals surface area (Å²) >= 11 is 0. The zero-order valence-corrected chi connectivity index (χ0v) is 18.2. The Morgan fingerprint density at radius 3 is 2.52 bits per heavy atom. The molecule has 0 spiro atoms. The molecular weight excluding hydrogens is 381 g/mol. The number of benzene rings is 1. The lowest BCUT2D eigenvalue weighted by Crippen LogP contribution is -2.43. The van der Waals surface area contributed by atoms with Gasteiger partial charge in [0.15, 0.2) is 0 Å². The molecule has 0 bridgehead atoms. The molecule has 6 heteroatoms. The van der Waals surface area contributed by atoms with E-state index in [1.165, 1.54) is 12.0 Å². The molecule has 1 saturated heterocycles. The van der Waals surface area contributed by atoms with Crippen LogP contribution in [0, 0.1) is 5.92 Å². The number of hydrogen-bond donors (Lipinski definition) is 1. The van der Waals surface area contributed by atoms with Gasteiger partial charge in [0.2, 0.25) is 5.91 Å². The van der Waals surface area contributed by atoms with Crippen LogP contribution in [0.25, 0.3) is 0 Å². The number of carbonyl (C=O) groups is 1. The van der Waals surface area contributed by atoms with Crippen LogP contribution in [-0.2, 0) is 4.79 Å². The van der Waals surface area contributed by atoms with Gasteiger partial charge in [0, 0.05) is 44.2 Å². The Balaban J connectivity index is 0.00000182.